The van der Waals surface area contributed by atoms with Gasteiger partial charge in [0.15, 0.2) is 0 Å². The lowest BCUT2D eigenvalue weighted by Gasteiger charge is -2.18. The van der Waals surface area contributed by atoms with Gasteiger partial charge in [0.1, 0.15) is 5.54 Å². The molecular weight excluding hydrogens is 175 g/mol. The molecule has 0 aliphatic heterocycles. The zero-order valence-corrected chi connectivity index (χ0v) is 6.99. The fraction of sp³-hybridized carbons (Fsp3) is 0.250. The molecule has 1 rings (SSSR count). The van der Waals surface area contributed by atoms with Gasteiger partial charge in [-0.3, -0.25) is 0 Å². The van der Waals surface area contributed by atoms with Gasteiger partial charge < -0.3 is 10.8 Å². The molecule has 1 atom stereocenters. The number of nitrogens with two attached hydrogens (primary N) is 1. The molecule has 0 aliphatic carbocycles. The van der Waals surface area contributed by atoms with E-state index in [2.05, 4.69) is 4.98 Å². The van der Waals surface area contributed by atoms with E-state index in [0.717, 1.165) is 6.07 Å². The number of carboxylic acid groups (broad SMARTS) is 1. The van der Waals surface area contributed by atoms with Crippen molar-refractivity contribution in [3.63, 3.8) is 0 Å². The van der Waals surface area contributed by atoms with Crippen molar-refractivity contribution < 1.29 is 14.3 Å². The lowest BCUT2D eigenvalue weighted by Crippen LogP contribution is -2.41. The summed E-state index contributed by atoms with van der Waals surface area (Å²) in [7, 11) is 0. The molecule has 1 unspecified atom stereocenters. The Bertz CT molecular complexity index is 339. The molecule has 0 bridgehead atoms. The highest BCUT2D eigenvalue weighted by molar-refractivity contribution is 5.79. The highest BCUT2D eigenvalue weighted by Crippen LogP contribution is 2.17. The van der Waals surface area contributed by atoms with E-state index < -0.39 is 17.5 Å². The minimum absolute atomic E-state index is 0.188. The summed E-state index contributed by atoms with van der Waals surface area (Å²) in [4.78, 5) is 14.0. The summed E-state index contributed by atoms with van der Waals surface area (Å²) in [5.74, 6) is -1.95. The minimum atomic E-state index is -1.58. The average molecular weight is 184 g/mol. The number of carboxylic acids is 1. The third-order valence-corrected chi connectivity index (χ3v) is 1.77. The highest BCUT2D eigenvalue weighted by Gasteiger charge is 2.30. The molecule has 1 aromatic heterocycles. The summed E-state index contributed by atoms with van der Waals surface area (Å²) in [6, 6.07) is 2.38. The number of hydrogen-bond donors (Lipinski definition) is 2. The number of hydrogen-bond acceptors (Lipinski definition) is 3. The molecule has 0 amide bonds. The Hall–Kier alpha value is -1.49. The van der Waals surface area contributed by atoms with E-state index in [-0.39, 0.29) is 5.56 Å². The molecule has 0 saturated heterocycles. The minimum Gasteiger partial charge on any atom is -0.480 e. The van der Waals surface area contributed by atoms with Crippen LogP contribution in [0.1, 0.15) is 12.5 Å². The third kappa shape index (κ3) is 1.81. The van der Waals surface area contributed by atoms with Crippen LogP contribution in [0.4, 0.5) is 4.39 Å². The summed E-state index contributed by atoms with van der Waals surface area (Å²) < 4.78 is 12.6. The van der Waals surface area contributed by atoms with E-state index in [1.54, 1.807) is 0 Å². The number of carbonyl (C=O) groups is 1. The van der Waals surface area contributed by atoms with E-state index in [0.29, 0.717) is 0 Å². The predicted molar refractivity (Wildman–Crippen MR) is 43.4 cm³/mol. The second-order valence-electron chi connectivity index (χ2n) is 2.87. The molecule has 3 N–H and O–H groups in total. The number of halogens is 1. The Labute approximate surface area is 74.2 Å². The fourth-order valence-corrected chi connectivity index (χ4v) is 0.849. The summed E-state index contributed by atoms with van der Waals surface area (Å²) in [6.45, 7) is 1.30. The van der Waals surface area contributed by atoms with Crippen molar-refractivity contribution in [2.24, 2.45) is 5.73 Å². The summed E-state index contributed by atoms with van der Waals surface area (Å²) in [6.07, 6.45) is 1.18. The van der Waals surface area contributed by atoms with E-state index in [9.17, 15) is 9.18 Å². The van der Waals surface area contributed by atoms with Gasteiger partial charge in [-0.05, 0) is 24.6 Å². The lowest BCUT2D eigenvalue weighted by molar-refractivity contribution is -0.143. The molecule has 0 aromatic carbocycles. The quantitative estimate of drug-likeness (QED) is 0.655. The van der Waals surface area contributed by atoms with E-state index in [1.807, 2.05) is 0 Å². The molecule has 5 heteroatoms. The van der Waals surface area contributed by atoms with Gasteiger partial charge in [-0.15, -0.1) is 0 Å². The standard InChI is InChI=1S/C8H9FN2O2/c1-8(10,7(12)13)5-2-3-11-6(9)4-5/h2-4H,10H2,1H3,(H,12,13). The monoisotopic (exact) mass is 184 g/mol. The van der Waals surface area contributed by atoms with Crippen molar-refractivity contribution in [2.75, 3.05) is 0 Å². The van der Waals surface area contributed by atoms with Crippen LogP contribution < -0.4 is 5.73 Å². The highest BCUT2D eigenvalue weighted by atomic mass is 19.1. The van der Waals surface area contributed by atoms with Crippen LogP contribution in [0.5, 0.6) is 0 Å². The number of aliphatic carboxylic acids is 1. The molecule has 4 nitrogen and oxygen atoms in total. The van der Waals surface area contributed by atoms with E-state index >= 15 is 0 Å². The molecular formula is C8H9FN2O2. The van der Waals surface area contributed by atoms with Gasteiger partial charge >= 0.3 is 5.97 Å². The van der Waals surface area contributed by atoms with Crippen molar-refractivity contribution in [1.82, 2.24) is 4.98 Å². The van der Waals surface area contributed by atoms with Gasteiger partial charge in [0, 0.05) is 6.20 Å². The lowest BCUT2D eigenvalue weighted by atomic mass is 9.95. The summed E-state index contributed by atoms with van der Waals surface area (Å²) in [5, 5.41) is 8.72. The largest absolute Gasteiger partial charge is 0.480 e. The van der Waals surface area contributed by atoms with Crippen LogP contribution >= 0.6 is 0 Å². The SMILES string of the molecule is CC(N)(C(=O)O)c1ccnc(F)c1. The van der Waals surface area contributed by atoms with Crippen LogP contribution in [-0.4, -0.2) is 16.1 Å². The Balaban J connectivity index is 3.14. The molecule has 1 heterocycles. The molecule has 70 valence electrons. The van der Waals surface area contributed by atoms with Gasteiger partial charge in [-0.2, -0.15) is 4.39 Å². The Morgan fingerprint density at radius 3 is 2.85 bits per heavy atom. The maximum Gasteiger partial charge on any atom is 0.328 e. The topological polar surface area (TPSA) is 76.2 Å². The molecule has 1 aromatic rings. The van der Waals surface area contributed by atoms with Gasteiger partial charge in [-0.25, -0.2) is 9.78 Å². The Morgan fingerprint density at radius 2 is 2.38 bits per heavy atom. The van der Waals surface area contributed by atoms with Crippen molar-refractivity contribution in [3.8, 4) is 0 Å². The van der Waals surface area contributed by atoms with Crippen LogP contribution in [0.2, 0.25) is 0 Å². The first-order valence-electron chi connectivity index (χ1n) is 3.59. The van der Waals surface area contributed by atoms with Gasteiger partial charge in [0.05, 0.1) is 0 Å². The molecule has 0 radical (unpaired) electrons. The molecule has 0 aliphatic rings. The fourth-order valence-electron chi connectivity index (χ4n) is 0.849. The maximum atomic E-state index is 12.6. The maximum absolute atomic E-state index is 12.6. The van der Waals surface area contributed by atoms with Crippen LogP contribution in [0.25, 0.3) is 0 Å². The van der Waals surface area contributed by atoms with Gasteiger partial charge in [0.2, 0.25) is 5.95 Å². The van der Waals surface area contributed by atoms with Crippen LogP contribution in [-0.2, 0) is 10.3 Å². The summed E-state index contributed by atoms with van der Waals surface area (Å²) >= 11 is 0. The van der Waals surface area contributed by atoms with Crippen LogP contribution in [0.15, 0.2) is 18.3 Å². The van der Waals surface area contributed by atoms with Crippen LogP contribution in [0, 0.1) is 5.95 Å². The van der Waals surface area contributed by atoms with Gasteiger partial charge in [-0.1, -0.05) is 0 Å². The normalized spacial score (nSPS) is 15.0. The zero-order valence-electron chi connectivity index (χ0n) is 6.99. The molecule has 0 saturated carbocycles. The van der Waals surface area contributed by atoms with Crippen molar-refractivity contribution >= 4 is 5.97 Å². The van der Waals surface area contributed by atoms with E-state index in [1.165, 1.54) is 19.2 Å². The second kappa shape index (κ2) is 3.10. The number of pyridine rings is 1. The average Bonchev–Trinajstić information content (AvgIpc) is 2.04. The first-order valence-corrected chi connectivity index (χ1v) is 3.59. The zero-order chi connectivity index (χ0) is 10.1. The van der Waals surface area contributed by atoms with Crippen LogP contribution in [0.3, 0.4) is 0 Å². The third-order valence-electron chi connectivity index (χ3n) is 1.77. The van der Waals surface area contributed by atoms with Gasteiger partial charge in [0.25, 0.3) is 0 Å². The number of rotatable bonds is 2. The Kier molecular flexibility index (Phi) is 2.29. The number of nitrogens with zero attached hydrogens (tertiary/aromatic N) is 1. The summed E-state index contributed by atoms with van der Waals surface area (Å²) in [5.41, 5.74) is 4.06. The first-order chi connectivity index (χ1) is 5.94. The van der Waals surface area contributed by atoms with Crippen molar-refractivity contribution in [3.05, 3.63) is 29.8 Å². The van der Waals surface area contributed by atoms with Crippen molar-refractivity contribution in [2.45, 2.75) is 12.5 Å². The van der Waals surface area contributed by atoms with Crippen molar-refractivity contribution in [1.29, 1.82) is 0 Å². The smallest absolute Gasteiger partial charge is 0.328 e. The van der Waals surface area contributed by atoms with E-state index in [4.69, 9.17) is 10.8 Å². The first kappa shape index (κ1) is 9.60. The predicted octanol–water partition coefficient (Wildman–Crippen LogP) is 0.479. The number of aromatic nitrogens is 1. The molecule has 0 fully saturated rings. The second-order valence-corrected chi connectivity index (χ2v) is 2.87. The Morgan fingerprint density at radius 1 is 1.77 bits per heavy atom. The molecule has 13 heavy (non-hydrogen) atoms. The molecule has 0 spiro atoms.